The molecule has 0 radical (unpaired) electrons. The largest absolute Gasteiger partial charge is 0.376 e. The van der Waals surface area contributed by atoms with Crippen molar-refractivity contribution in [2.75, 3.05) is 38.2 Å². The predicted octanol–water partition coefficient (Wildman–Crippen LogP) is 2.54. The number of halogens is 1. The van der Waals surface area contributed by atoms with Crippen LogP contribution in [0.4, 0.5) is 5.69 Å². The van der Waals surface area contributed by atoms with Crippen LogP contribution >= 0.6 is 24.0 Å². The fraction of sp³-hybridized carbons (Fsp3) is 0.611. The number of nitrogens with one attached hydrogen (secondary N) is 2. The van der Waals surface area contributed by atoms with Crippen LogP contribution in [0.3, 0.4) is 0 Å². The highest BCUT2D eigenvalue weighted by molar-refractivity contribution is 14.0. The highest BCUT2D eigenvalue weighted by Crippen LogP contribution is 2.20. The van der Waals surface area contributed by atoms with Crippen LogP contribution in [0.5, 0.6) is 0 Å². The van der Waals surface area contributed by atoms with Gasteiger partial charge in [0, 0.05) is 45.0 Å². The molecule has 1 aromatic rings. The number of hydrogen-bond acceptors (Lipinski definition) is 3. The van der Waals surface area contributed by atoms with E-state index in [1.165, 1.54) is 17.7 Å². The van der Waals surface area contributed by atoms with Crippen LogP contribution in [0.2, 0.25) is 0 Å². The Balaban J connectivity index is 0.00000208. The first kappa shape index (κ1) is 19.3. The molecule has 6 heteroatoms. The van der Waals surface area contributed by atoms with Crippen molar-refractivity contribution in [2.45, 2.75) is 38.3 Å². The van der Waals surface area contributed by atoms with Gasteiger partial charge in [-0.15, -0.1) is 24.0 Å². The van der Waals surface area contributed by atoms with E-state index in [1.807, 2.05) is 7.05 Å². The third kappa shape index (κ3) is 5.24. The summed E-state index contributed by atoms with van der Waals surface area (Å²) in [4.78, 5) is 6.78. The highest BCUT2D eigenvalue weighted by Gasteiger charge is 2.24. The smallest absolute Gasteiger partial charge is 0.191 e. The predicted molar refractivity (Wildman–Crippen MR) is 111 cm³/mol. The zero-order valence-electron chi connectivity index (χ0n) is 14.6. The molecule has 24 heavy (non-hydrogen) atoms. The van der Waals surface area contributed by atoms with Gasteiger partial charge in [0.1, 0.15) is 0 Å². The minimum Gasteiger partial charge on any atom is -0.376 e. The molecule has 0 saturated carbocycles. The first-order valence-corrected chi connectivity index (χ1v) is 8.65. The normalized spacial score (nSPS) is 23.9. The summed E-state index contributed by atoms with van der Waals surface area (Å²) in [5.41, 5.74) is 2.61. The fourth-order valence-electron chi connectivity index (χ4n) is 3.27. The van der Waals surface area contributed by atoms with Gasteiger partial charge in [0.15, 0.2) is 5.96 Å². The van der Waals surface area contributed by atoms with Gasteiger partial charge in [-0.05, 0) is 38.3 Å². The molecule has 3 rings (SSSR count). The summed E-state index contributed by atoms with van der Waals surface area (Å²) in [5, 5.41) is 6.94. The third-order valence-corrected chi connectivity index (χ3v) is 4.67. The number of guanidine groups is 1. The van der Waals surface area contributed by atoms with Crippen molar-refractivity contribution in [2.24, 2.45) is 4.99 Å². The summed E-state index contributed by atoms with van der Waals surface area (Å²) in [7, 11) is 1.83. The van der Waals surface area contributed by atoms with E-state index in [4.69, 9.17) is 4.74 Å². The summed E-state index contributed by atoms with van der Waals surface area (Å²) in [6.45, 7) is 5.97. The molecular formula is C18H29IN4O. The Hall–Kier alpha value is -1.02. The number of aliphatic imine (C=N–C) groups is 1. The Morgan fingerprint density at radius 3 is 2.75 bits per heavy atom. The number of nitrogens with zero attached hydrogens (tertiary/aromatic N) is 2. The Morgan fingerprint density at radius 1 is 1.29 bits per heavy atom. The van der Waals surface area contributed by atoms with Crippen molar-refractivity contribution in [1.29, 1.82) is 0 Å². The molecule has 2 fully saturated rings. The molecule has 2 aliphatic heterocycles. The van der Waals surface area contributed by atoms with Crippen molar-refractivity contribution in [3.8, 4) is 0 Å². The van der Waals surface area contributed by atoms with Gasteiger partial charge in [-0.3, -0.25) is 4.99 Å². The molecule has 2 aliphatic rings. The lowest BCUT2D eigenvalue weighted by atomic mass is 10.2. The van der Waals surface area contributed by atoms with Crippen molar-refractivity contribution in [3.63, 3.8) is 0 Å². The molecule has 0 bridgehead atoms. The van der Waals surface area contributed by atoms with Crippen molar-refractivity contribution < 1.29 is 4.74 Å². The quantitative estimate of drug-likeness (QED) is 0.426. The van der Waals surface area contributed by atoms with Gasteiger partial charge in [-0.1, -0.05) is 17.7 Å². The minimum absolute atomic E-state index is 0. The van der Waals surface area contributed by atoms with Crippen LogP contribution < -0.4 is 15.5 Å². The monoisotopic (exact) mass is 444 g/mol. The molecule has 2 unspecified atom stereocenters. The molecule has 134 valence electrons. The van der Waals surface area contributed by atoms with Gasteiger partial charge in [-0.25, -0.2) is 0 Å². The standard InChI is InChI=1S/C18H28N4O.HI/c1-14-5-7-16(8-6-14)22-10-9-15(13-22)21-18(19-2)20-12-17-4-3-11-23-17;/h5-8,15,17H,3-4,9-13H2,1-2H3,(H2,19,20,21);1H. The Kier molecular flexibility index (Phi) is 7.61. The van der Waals surface area contributed by atoms with E-state index >= 15 is 0 Å². The minimum atomic E-state index is 0. The summed E-state index contributed by atoms with van der Waals surface area (Å²) in [5.74, 6) is 0.885. The van der Waals surface area contributed by atoms with Gasteiger partial charge in [0.25, 0.3) is 0 Å². The number of hydrogen-bond donors (Lipinski definition) is 2. The van der Waals surface area contributed by atoms with Gasteiger partial charge in [0.2, 0.25) is 0 Å². The summed E-state index contributed by atoms with van der Waals surface area (Å²) in [6, 6.07) is 9.22. The molecule has 2 heterocycles. The maximum atomic E-state index is 5.65. The van der Waals surface area contributed by atoms with E-state index < -0.39 is 0 Å². The fourth-order valence-corrected chi connectivity index (χ4v) is 3.27. The molecule has 2 atom stereocenters. The number of anilines is 1. The highest BCUT2D eigenvalue weighted by atomic mass is 127. The van der Waals surface area contributed by atoms with Crippen LogP contribution in [0.15, 0.2) is 29.3 Å². The molecular weight excluding hydrogens is 415 g/mol. The van der Waals surface area contributed by atoms with Crippen LogP contribution in [0.25, 0.3) is 0 Å². The molecule has 0 amide bonds. The molecule has 2 saturated heterocycles. The molecule has 2 N–H and O–H groups in total. The number of benzene rings is 1. The molecule has 0 aliphatic carbocycles. The lowest BCUT2D eigenvalue weighted by molar-refractivity contribution is 0.113. The van der Waals surface area contributed by atoms with Crippen LogP contribution in [-0.4, -0.2) is 51.4 Å². The summed E-state index contributed by atoms with van der Waals surface area (Å²) >= 11 is 0. The summed E-state index contributed by atoms with van der Waals surface area (Å²) in [6.07, 6.45) is 3.79. The lowest BCUT2D eigenvalue weighted by Gasteiger charge is -2.21. The van der Waals surface area contributed by atoms with Crippen LogP contribution in [-0.2, 0) is 4.74 Å². The Bertz CT molecular complexity index is 528. The lowest BCUT2D eigenvalue weighted by Crippen LogP contribution is -2.46. The van der Waals surface area contributed by atoms with E-state index in [0.29, 0.717) is 12.1 Å². The second-order valence-electron chi connectivity index (χ2n) is 6.50. The zero-order valence-corrected chi connectivity index (χ0v) is 17.0. The van der Waals surface area contributed by atoms with Crippen molar-refractivity contribution >= 4 is 35.6 Å². The van der Waals surface area contributed by atoms with Crippen LogP contribution in [0, 0.1) is 6.92 Å². The Labute approximate surface area is 162 Å². The third-order valence-electron chi connectivity index (χ3n) is 4.67. The molecule has 1 aromatic carbocycles. The van der Waals surface area contributed by atoms with Crippen molar-refractivity contribution in [1.82, 2.24) is 10.6 Å². The van der Waals surface area contributed by atoms with Crippen LogP contribution in [0.1, 0.15) is 24.8 Å². The van der Waals surface area contributed by atoms with Gasteiger partial charge in [0.05, 0.1) is 6.10 Å². The average Bonchev–Trinajstić information content (AvgIpc) is 3.24. The molecule has 0 aromatic heterocycles. The molecule has 5 nitrogen and oxygen atoms in total. The second kappa shape index (κ2) is 9.46. The first-order chi connectivity index (χ1) is 11.2. The topological polar surface area (TPSA) is 48.9 Å². The maximum absolute atomic E-state index is 5.65. The van der Waals surface area contributed by atoms with Gasteiger partial charge < -0.3 is 20.3 Å². The average molecular weight is 444 g/mol. The van der Waals surface area contributed by atoms with E-state index in [2.05, 4.69) is 51.7 Å². The number of aryl methyl sites for hydroxylation is 1. The van der Waals surface area contributed by atoms with Gasteiger partial charge in [-0.2, -0.15) is 0 Å². The zero-order chi connectivity index (χ0) is 16.1. The van der Waals surface area contributed by atoms with E-state index in [0.717, 1.165) is 45.0 Å². The maximum Gasteiger partial charge on any atom is 0.191 e. The first-order valence-electron chi connectivity index (χ1n) is 8.65. The SMILES string of the molecule is CN=C(NCC1CCCO1)NC1CCN(c2ccc(C)cc2)C1.I. The van der Waals surface area contributed by atoms with Gasteiger partial charge >= 0.3 is 0 Å². The Morgan fingerprint density at radius 2 is 2.08 bits per heavy atom. The van der Waals surface area contributed by atoms with E-state index in [-0.39, 0.29) is 24.0 Å². The van der Waals surface area contributed by atoms with Crippen molar-refractivity contribution in [3.05, 3.63) is 29.8 Å². The second-order valence-corrected chi connectivity index (χ2v) is 6.50. The van der Waals surface area contributed by atoms with E-state index in [9.17, 15) is 0 Å². The number of rotatable bonds is 4. The number of ether oxygens (including phenoxy) is 1. The summed E-state index contributed by atoms with van der Waals surface area (Å²) < 4.78 is 5.65. The van der Waals surface area contributed by atoms with E-state index in [1.54, 1.807) is 0 Å². The molecule has 0 spiro atoms.